The van der Waals surface area contributed by atoms with Crippen LogP contribution in [0.5, 0.6) is 5.75 Å². The Morgan fingerprint density at radius 1 is 1.11 bits per heavy atom. The number of halogens is 3. The van der Waals surface area contributed by atoms with E-state index in [4.69, 9.17) is 27.9 Å². The fourth-order valence-electron chi connectivity index (χ4n) is 3.40. The molecule has 7 nitrogen and oxygen atoms in total. The second-order valence-electron chi connectivity index (χ2n) is 7.54. The number of rotatable bonds is 9. The standard InChI is InChI=1S/C24H19BrCl2N4O3S/c1-15-28-29-24(31(15)19-5-3-2-4-6-19)35-23(13-30(32)33)16-8-10-22(20(25)11-16)34-14-17-7-9-18(26)12-21(17)27/h2-12,23H,13-14H2,1H3/t23-/m1/s1. The Balaban J connectivity index is 1.56. The molecular formula is C24H19BrCl2N4O3S. The quantitative estimate of drug-likeness (QED) is 0.115. The van der Waals surface area contributed by atoms with Gasteiger partial charge in [0.25, 0.3) is 0 Å². The van der Waals surface area contributed by atoms with E-state index in [1.165, 1.54) is 11.8 Å². The van der Waals surface area contributed by atoms with Crippen LogP contribution >= 0.6 is 50.9 Å². The smallest absolute Gasteiger partial charge is 0.220 e. The van der Waals surface area contributed by atoms with Gasteiger partial charge in [0.05, 0.1) is 4.47 Å². The Kier molecular flexibility index (Phi) is 8.33. The van der Waals surface area contributed by atoms with E-state index < -0.39 is 5.25 Å². The lowest BCUT2D eigenvalue weighted by Crippen LogP contribution is -2.11. The molecule has 35 heavy (non-hydrogen) atoms. The SMILES string of the molecule is Cc1nnc(S[C@H](C[N+](=O)[O-])c2ccc(OCc3ccc(Cl)cc3Cl)c(Br)c2)n1-c1ccccc1. The summed E-state index contributed by atoms with van der Waals surface area (Å²) in [4.78, 5) is 11.2. The van der Waals surface area contributed by atoms with E-state index in [0.717, 1.165) is 16.8 Å². The van der Waals surface area contributed by atoms with Crippen LogP contribution in [0.3, 0.4) is 0 Å². The number of para-hydroxylation sites is 1. The topological polar surface area (TPSA) is 83.1 Å². The van der Waals surface area contributed by atoms with E-state index in [-0.39, 0.29) is 18.1 Å². The molecule has 0 radical (unpaired) electrons. The summed E-state index contributed by atoms with van der Waals surface area (Å²) in [5.74, 6) is 1.29. The van der Waals surface area contributed by atoms with E-state index in [1.54, 1.807) is 18.2 Å². The average Bonchev–Trinajstić information content (AvgIpc) is 3.19. The second kappa shape index (κ2) is 11.4. The minimum Gasteiger partial charge on any atom is -0.488 e. The number of benzene rings is 3. The van der Waals surface area contributed by atoms with Crippen LogP contribution in [0.4, 0.5) is 0 Å². The molecule has 0 N–H and O–H groups in total. The Bertz CT molecular complexity index is 1350. The maximum atomic E-state index is 11.5. The third-order valence-corrected chi connectivity index (χ3v) is 7.49. The summed E-state index contributed by atoms with van der Waals surface area (Å²) in [5, 5.41) is 21.1. The summed E-state index contributed by atoms with van der Waals surface area (Å²) in [5.41, 5.74) is 2.45. The molecule has 0 aliphatic rings. The van der Waals surface area contributed by atoms with Gasteiger partial charge in [0, 0.05) is 26.2 Å². The Morgan fingerprint density at radius 3 is 2.57 bits per heavy atom. The van der Waals surface area contributed by atoms with Crippen molar-refractivity contribution in [1.82, 2.24) is 14.8 Å². The summed E-state index contributed by atoms with van der Waals surface area (Å²) < 4.78 is 8.48. The van der Waals surface area contributed by atoms with E-state index in [0.29, 0.717) is 31.2 Å². The molecular weight excluding hydrogens is 575 g/mol. The number of ether oxygens (including phenoxy) is 1. The molecule has 1 heterocycles. The number of aryl methyl sites for hydroxylation is 1. The third kappa shape index (κ3) is 6.35. The monoisotopic (exact) mass is 592 g/mol. The molecule has 4 rings (SSSR count). The van der Waals surface area contributed by atoms with Gasteiger partial charge in [0.2, 0.25) is 6.54 Å². The van der Waals surface area contributed by atoms with Gasteiger partial charge in [-0.2, -0.15) is 0 Å². The highest BCUT2D eigenvalue weighted by molar-refractivity contribution is 9.10. The minimum atomic E-state index is -0.493. The molecule has 0 saturated carbocycles. The van der Waals surface area contributed by atoms with Gasteiger partial charge in [0.1, 0.15) is 23.4 Å². The van der Waals surface area contributed by atoms with E-state index >= 15 is 0 Å². The lowest BCUT2D eigenvalue weighted by atomic mass is 10.1. The fraction of sp³-hybridized carbons (Fsp3) is 0.167. The Hall–Kier alpha value is -2.59. The minimum absolute atomic E-state index is 0.250. The highest BCUT2D eigenvalue weighted by Crippen LogP contribution is 2.39. The van der Waals surface area contributed by atoms with Crippen molar-refractivity contribution >= 4 is 50.9 Å². The van der Waals surface area contributed by atoms with E-state index in [1.807, 2.05) is 60.0 Å². The second-order valence-corrected chi connectivity index (χ2v) is 10.4. The van der Waals surface area contributed by atoms with Gasteiger partial charge in [-0.15, -0.1) is 10.2 Å². The van der Waals surface area contributed by atoms with Crippen molar-refractivity contribution in [2.24, 2.45) is 0 Å². The third-order valence-electron chi connectivity index (χ3n) is 5.10. The van der Waals surface area contributed by atoms with Gasteiger partial charge in [-0.25, -0.2) is 0 Å². The molecule has 0 saturated heterocycles. The normalized spacial score (nSPS) is 11.9. The highest BCUT2D eigenvalue weighted by Gasteiger charge is 2.24. The number of thioether (sulfide) groups is 1. The van der Waals surface area contributed by atoms with E-state index in [9.17, 15) is 10.1 Å². The van der Waals surface area contributed by atoms with Crippen LogP contribution in [0.25, 0.3) is 5.69 Å². The van der Waals surface area contributed by atoms with Crippen molar-refractivity contribution in [2.45, 2.75) is 23.9 Å². The van der Waals surface area contributed by atoms with Crippen molar-refractivity contribution in [3.8, 4) is 11.4 Å². The molecule has 1 atom stereocenters. The summed E-state index contributed by atoms with van der Waals surface area (Å²) in [6.45, 7) is 1.82. The van der Waals surface area contributed by atoms with Crippen LogP contribution in [0.15, 0.2) is 76.4 Å². The molecule has 180 valence electrons. The zero-order valence-electron chi connectivity index (χ0n) is 18.4. The van der Waals surface area contributed by atoms with Crippen LogP contribution < -0.4 is 4.74 Å². The average molecular weight is 594 g/mol. The van der Waals surface area contributed by atoms with Crippen LogP contribution in [-0.2, 0) is 6.61 Å². The first-order chi connectivity index (χ1) is 16.8. The molecule has 11 heteroatoms. The number of nitrogens with zero attached hydrogens (tertiary/aromatic N) is 4. The maximum Gasteiger partial charge on any atom is 0.220 e. The molecule has 0 aliphatic heterocycles. The van der Waals surface area contributed by atoms with Crippen molar-refractivity contribution < 1.29 is 9.66 Å². The van der Waals surface area contributed by atoms with Crippen molar-refractivity contribution in [1.29, 1.82) is 0 Å². The predicted molar refractivity (Wildman–Crippen MR) is 141 cm³/mol. The van der Waals surface area contributed by atoms with Crippen LogP contribution in [0.1, 0.15) is 22.2 Å². The molecule has 0 amide bonds. The fourth-order valence-corrected chi connectivity index (χ4v) is 5.53. The number of nitro groups is 1. The van der Waals surface area contributed by atoms with Gasteiger partial charge >= 0.3 is 0 Å². The molecule has 3 aromatic carbocycles. The number of aromatic nitrogens is 3. The van der Waals surface area contributed by atoms with E-state index in [2.05, 4.69) is 26.1 Å². The van der Waals surface area contributed by atoms with Crippen LogP contribution in [0, 0.1) is 17.0 Å². The van der Waals surface area contributed by atoms with Gasteiger partial charge in [-0.05, 0) is 64.8 Å². The number of hydrogen-bond acceptors (Lipinski definition) is 6. The van der Waals surface area contributed by atoms with Gasteiger partial charge in [-0.3, -0.25) is 14.7 Å². The summed E-state index contributed by atoms with van der Waals surface area (Å²) in [6, 6.07) is 20.3. The Labute approximate surface area is 224 Å². The Morgan fingerprint density at radius 2 is 1.89 bits per heavy atom. The lowest BCUT2D eigenvalue weighted by Gasteiger charge is -2.16. The molecule has 0 bridgehead atoms. The van der Waals surface area contributed by atoms with Crippen molar-refractivity contribution in [3.63, 3.8) is 0 Å². The highest BCUT2D eigenvalue weighted by atomic mass is 79.9. The maximum absolute atomic E-state index is 11.5. The molecule has 0 fully saturated rings. The molecule has 0 spiro atoms. The first-order valence-electron chi connectivity index (χ1n) is 10.4. The molecule has 0 aliphatic carbocycles. The first-order valence-corrected chi connectivity index (χ1v) is 12.9. The van der Waals surface area contributed by atoms with Gasteiger partial charge in [0.15, 0.2) is 5.16 Å². The van der Waals surface area contributed by atoms with Crippen LogP contribution in [0.2, 0.25) is 10.0 Å². The zero-order valence-corrected chi connectivity index (χ0v) is 22.3. The van der Waals surface area contributed by atoms with Crippen molar-refractivity contribution in [2.75, 3.05) is 6.54 Å². The molecule has 0 unspecified atom stereocenters. The summed E-state index contributed by atoms with van der Waals surface area (Å²) in [7, 11) is 0. The van der Waals surface area contributed by atoms with Gasteiger partial charge in [-0.1, -0.05) is 65.3 Å². The summed E-state index contributed by atoms with van der Waals surface area (Å²) in [6.07, 6.45) is 0. The van der Waals surface area contributed by atoms with Crippen molar-refractivity contribution in [3.05, 3.63) is 108 Å². The molecule has 4 aromatic rings. The zero-order chi connectivity index (χ0) is 24.9. The number of hydrogen-bond donors (Lipinski definition) is 0. The van der Waals surface area contributed by atoms with Crippen LogP contribution in [-0.4, -0.2) is 26.2 Å². The largest absolute Gasteiger partial charge is 0.488 e. The predicted octanol–water partition coefficient (Wildman–Crippen LogP) is 7.33. The summed E-state index contributed by atoms with van der Waals surface area (Å²) >= 11 is 17.0. The first kappa shape index (κ1) is 25.5. The molecule has 1 aromatic heterocycles. The van der Waals surface area contributed by atoms with Gasteiger partial charge < -0.3 is 4.74 Å². The lowest BCUT2D eigenvalue weighted by molar-refractivity contribution is -0.479.